The minimum atomic E-state index is -1.70. The Labute approximate surface area is 242 Å². The van der Waals surface area contributed by atoms with Gasteiger partial charge in [-0.05, 0) is 44.1 Å². The Bertz CT molecular complexity index is 948. The van der Waals surface area contributed by atoms with Crippen molar-refractivity contribution in [3.63, 3.8) is 0 Å². The van der Waals surface area contributed by atoms with Crippen LogP contribution in [-0.4, -0.2) is 105 Å². The van der Waals surface area contributed by atoms with E-state index in [-0.39, 0.29) is 31.6 Å². The number of carboxylic acids is 2. The van der Waals surface area contributed by atoms with E-state index in [9.17, 15) is 43.8 Å². The predicted octanol–water partition coefficient (Wildman–Crippen LogP) is -2.74. The molecule has 234 valence electrons. The van der Waals surface area contributed by atoms with Crippen molar-refractivity contribution in [2.75, 3.05) is 12.0 Å². The minimum absolute atomic E-state index is 0.0921. The smallest absolute Gasteiger partial charge is 0.328 e. The van der Waals surface area contributed by atoms with Crippen LogP contribution in [0.2, 0.25) is 0 Å². The van der Waals surface area contributed by atoms with Gasteiger partial charge >= 0.3 is 11.9 Å². The van der Waals surface area contributed by atoms with E-state index in [4.69, 9.17) is 16.6 Å². The molecule has 0 aliphatic heterocycles. The van der Waals surface area contributed by atoms with Gasteiger partial charge in [0.1, 0.15) is 18.1 Å². The maximum atomic E-state index is 13.3. The van der Waals surface area contributed by atoms with E-state index in [0.29, 0.717) is 5.75 Å². The van der Waals surface area contributed by atoms with Gasteiger partial charge in [-0.3, -0.25) is 28.8 Å². The molecule has 0 saturated carbocycles. The van der Waals surface area contributed by atoms with Crippen LogP contribution in [0.1, 0.15) is 52.9 Å². The third-order valence-corrected chi connectivity index (χ3v) is 6.32. The zero-order chi connectivity index (χ0) is 31.9. The number of nitrogens with one attached hydrogen (secondary N) is 4. The van der Waals surface area contributed by atoms with Crippen molar-refractivity contribution in [3.8, 4) is 0 Å². The number of carbonyl (C=O) groups is 7. The molecule has 0 aliphatic carbocycles. The number of carbonyl (C=O) groups excluding carboxylic acids is 5. The molecule has 0 aromatic carbocycles. The first-order chi connectivity index (χ1) is 19.0. The summed E-state index contributed by atoms with van der Waals surface area (Å²) in [6.45, 7) is 4.68. The number of hydrogen-bond acceptors (Lipinski definition) is 10. The molecule has 0 unspecified atom stereocenters. The van der Waals surface area contributed by atoms with Crippen molar-refractivity contribution >= 4 is 53.2 Å². The third kappa shape index (κ3) is 15.2. The van der Waals surface area contributed by atoms with E-state index in [0.717, 1.165) is 6.92 Å². The molecule has 0 aromatic heterocycles. The van der Waals surface area contributed by atoms with E-state index in [1.807, 2.05) is 0 Å². The van der Waals surface area contributed by atoms with Crippen LogP contribution in [0.25, 0.3) is 0 Å². The topological polar surface area (TPSA) is 280 Å². The molecular formula is C24H42N6O10S. The number of rotatable bonds is 20. The Kier molecular flexibility index (Phi) is 17.2. The molecule has 0 aliphatic rings. The Balaban J connectivity index is 5.89. The van der Waals surface area contributed by atoms with E-state index in [1.165, 1.54) is 11.8 Å². The highest BCUT2D eigenvalue weighted by Gasteiger charge is 2.33. The third-order valence-electron chi connectivity index (χ3n) is 5.67. The number of amides is 5. The van der Waals surface area contributed by atoms with Gasteiger partial charge in [0.2, 0.25) is 29.5 Å². The number of aliphatic carboxylic acids is 2. The Morgan fingerprint density at radius 2 is 1.27 bits per heavy atom. The molecule has 5 amide bonds. The number of hydrogen-bond donors (Lipinski definition) is 9. The summed E-state index contributed by atoms with van der Waals surface area (Å²) in [6, 6.07) is -6.93. The number of carboxylic acid groups (broad SMARTS) is 2. The van der Waals surface area contributed by atoms with Crippen LogP contribution in [0.15, 0.2) is 0 Å². The van der Waals surface area contributed by atoms with E-state index in [1.54, 1.807) is 20.1 Å². The van der Waals surface area contributed by atoms with Crippen LogP contribution < -0.4 is 32.7 Å². The van der Waals surface area contributed by atoms with E-state index in [2.05, 4.69) is 21.3 Å². The molecule has 0 rings (SSSR count). The summed E-state index contributed by atoms with van der Waals surface area (Å²) in [5.41, 5.74) is 10.8. The van der Waals surface area contributed by atoms with Crippen molar-refractivity contribution in [1.82, 2.24) is 21.3 Å². The van der Waals surface area contributed by atoms with Gasteiger partial charge in [0.25, 0.3) is 0 Å². The van der Waals surface area contributed by atoms with Crippen LogP contribution in [0, 0.1) is 5.92 Å². The average molecular weight is 607 g/mol. The molecule has 0 bridgehead atoms. The molecule has 16 nitrogen and oxygen atoms in total. The lowest BCUT2D eigenvalue weighted by Crippen LogP contribution is -2.59. The summed E-state index contributed by atoms with van der Waals surface area (Å²) < 4.78 is 0. The Morgan fingerprint density at radius 1 is 0.780 bits per heavy atom. The fraction of sp³-hybridized carbons (Fsp3) is 0.708. The lowest BCUT2D eigenvalue weighted by Gasteiger charge is -2.27. The Morgan fingerprint density at radius 3 is 1.73 bits per heavy atom. The van der Waals surface area contributed by atoms with Crippen molar-refractivity contribution in [2.45, 2.75) is 89.2 Å². The molecule has 0 radical (unpaired) electrons. The number of primary amides is 1. The maximum Gasteiger partial charge on any atom is 0.328 e. The molecule has 0 fully saturated rings. The minimum Gasteiger partial charge on any atom is -0.481 e. The van der Waals surface area contributed by atoms with Crippen molar-refractivity contribution in [1.29, 1.82) is 0 Å². The molecular weight excluding hydrogens is 564 g/mol. The number of aliphatic hydroxyl groups is 1. The monoisotopic (exact) mass is 606 g/mol. The number of aliphatic hydroxyl groups excluding tert-OH is 1. The van der Waals surface area contributed by atoms with Gasteiger partial charge in [-0.15, -0.1) is 0 Å². The second kappa shape index (κ2) is 18.8. The van der Waals surface area contributed by atoms with Crippen molar-refractivity contribution in [2.24, 2.45) is 17.4 Å². The van der Waals surface area contributed by atoms with Gasteiger partial charge in [0.05, 0.1) is 18.6 Å². The summed E-state index contributed by atoms with van der Waals surface area (Å²) in [6.07, 6.45) is -0.780. The summed E-state index contributed by atoms with van der Waals surface area (Å²) in [5.74, 6) is -6.79. The van der Waals surface area contributed by atoms with Crippen LogP contribution in [0.4, 0.5) is 0 Å². The largest absolute Gasteiger partial charge is 0.481 e. The van der Waals surface area contributed by atoms with Gasteiger partial charge in [0.15, 0.2) is 6.04 Å². The van der Waals surface area contributed by atoms with Gasteiger partial charge in [-0.25, -0.2) is 4.79 Å². The highest BCUT2D eigenvalue weighted by Crippen LogP contribution is 2.09. The van der Waals surface area contributed by atoms with Crippen molar-refractivity contribution in [3.05, 3.63) is 0 Å². The van der Waals surface area contributed by atoms with Crippen LogP contribution in [-0.2, 0) is 33.6 Å². The molecule has 6 atom stereocenters. The predicted molar refractivity (Wildman–Crippen MR) is 148 cm³/mol. The van der Waals surface area contributed by atoms with E-state index < -0.39 is 84.2 Å². The average Bonchev–Trinajstić information content (AvgIpc) is 2.85. The first-order valence-electron chi connectivity index (χ1n) is 12.9. The van der Waals surface area contributed by atoms with Crippen molar-refractivity contribution < 1.29 is 48.9 Å². The highest BCUT2D eigenvalue weighted by molar-refractivity contribution is 7.98. The fourth-order valence-electron chi connectivity index (χ4n) is 3.51. The zero-order valence-corrected chi connectivity index (χ0v) is 24.4. The standard InChI is InChI=1S/C24H42N6O10S/c1-11(2)9-16(29-21(36)15(7-8-41-4)27-20(35)13(25)10-18(33)34)23(38)28-14(5-6-17(26)32)22(37)30-19(12(3)31)24(39)40/h11-16,19,31H,5-10,25H2,1-4H3,(H2,26,32)(H,27,35)(H,28,38)(H,29,36)(H,30,37)(H,33,34)(H,39,40)/t12-,13+,14+,15+,16+,19+/m1/s1. The van der Waals surface area contributed by atoms with Gasteiger partial charge in [-0.2, -0.15) is 11.8 Å². The summed E-state index contributed by atoms with van der Waals surface area (Å²) >= 11 is 1.38. The lowest BCUT2D eigenvalue weighted by molar-refractivity contribution is -0.145. The molecule has 11 N–H and O–H groups in total. The summed E-state index contributed by atoms with van der Waals surface area (Å²) in [5, 5.41) is 37.3. The fourth-order valence-corrected chi connectivity index (χ4v) is 3.98. The van der Waals surface area contributed by atoms with E-state index >= 15 is 0 Å². The maximum absolute atomic E-state index is 13.3. The van der Waals surface area contributed by atoms with Crippen LogP contribution >= 0.6 is 11.8 Å². The molecule has 0 heterocycles. The zero-order valence-electron chi connectivity index (χ0n) is 23.5. The Hall–Kier alpha value is -3.44. The SMILES string of the molecule is CSCC[C@H](NC(=O)[C@@H](N)CC(=O)O)C(=O)N[C@@H](CC(C)C)C(=O)N[C@@H](CCC(N)=O)C(=O)N[C@H](C(=O)O)[C@@H](C)O. The number of nitrogens with two attached hydrogens (primary N) is 2. The van der Waals surface area contributed by atoms with Gasteiger partial charge < -0.3 is 48.1 Å². The summed E-state index contributed by atoms with van der Waals surface area (Å²) in [7, 11) is 0. The van der Waals surface area contributed by atoms with Crippen LogP contribution in [0.5, 0.6) is 0 Å². The van der Waals surface area contributed by atoms with Gasteiger partial charge in [0, 0.05) is 6.42 Å². The second-order valence-electron chi connectivity index (χ2n) is 9.87. The second-order valence-corrected chi connectivity index (χ2v) is 10.9. The molecule has 17 heteroatoms. The quantitative estimate of drug-likeness (QED) is 0.0682. The summed E-state index contributed by atoms with van der Waals surface area (Å²) in [4.78, 5) is 85.2. The molecule has 41 heavy (non-hydrogen) atoms. The van der Waals surface area contributed by atoms with Crippen LogP contribution in [0.3, 0.4) is 0 Å². The lowest BCUT2D eigenvalue weighted by atomic mass is 10.0. The van der Waals surface area contributed by atoms with Gasteiger partial charge in [-0.1, -0.05) is 13.8 Å². The highest BCUT2D eigenvalue weighted by atomic mass is 32.2. The number of thioether (sulfide) groups is 1. The first-order valence-corrected chi connectivity index (χ1v) is 14.3. The molecule has 0 spiro atoms. The first kappa shape index (κ1) is 37.6. The molecule has 0 saturated heterocycles. The molecule has 0 aromatic rings. The normalized spacial score (nSPS) is 15.4.